The molecule has 0 aliphatic heterocycles. The maximum Gasteiger partial charge on any atom is 0.172 e. The van der Waals surface area contributed by atoms with E-state index in [1.54, 1.807) is 16.8 Å². The van der Waals surface area contributed by atoms with E-state index in [1.807, 2.05) is 42.5 Å². The molecule has 0 unspecified atom stereocenters. The molecule has 0 aliphatic rings. The summed E-state index contributed by atoms with van der Waals surface area (Å²) < 4.78 is 2.62. The summed E-state index contributed by atoms with van der Waals surface area (Å²) in [7, 11) is 2.07. The van der Waals surface area contributed by atoms with Crippen LogP contribution in [0, 0.1) is 0 Å². The minimum absolute atomic E-state index is 0.659. The van der Waals surface area contributed by atoms with E-state index in [4.69, 9.17) is 39.8 Å². The van der Waals surface area contributed by atoms with Crippen molar-refractivity contribution in [3.63, 3.8) is 0 Å². The van der Waals surface area contributed by atoms with Crippen molar-refractivity contribution in [3.05, 3.63) is 79.8 Å². The smallest absolute Gasteiger partial charge is 0.172 e. The van der Waals surface area contributed by atoms with Gasteiger partial charge >= 0.3 is 0 Å². The second-order valence-corrected chi connectivity index (χ2v) is 9.59. The van der Waals surface area contributed by atoms with E-state index in [0.29, 0.717) is 10.0 Å². The third-order valence-corrected chi connectivity index (χ3v) is 6.54. The van der Waals surface area contributed by atoms with E-state index >= 15 is 0 Å². The molecule has 0 bridgehead atoms. The van der Waals surface area contributed by atoms with Crippen LogP contribution in [-0.4, -0.2) is 39.6 Å². The van der Waals surface area contributed by atoms with Crippen molar-refractivity contribution in [2.75, 3.05) is 25.5 Å². The molecule has 0 spiro atoms. The number of anilines is 1. The summed E-state index contributed by atoms with van der Waals surface area (Å²) in [6, 6.07) is 15.2. The fraction of sp³-hybridized carbons (Fsp3) is 0.217. The van der Waals surface area contributed by atoms with Crippen LogP contribution in [0.1, 0.15) is 12.0 Å². The van der Waals surface area contributed by atoms with E-state index in [2.05, 4.69) is 38.3 Å². The van der Waals surface area contributed by atoms with Crippen molar-refractivity contribution < 1.29 is 0 Å². The SMILES string of the molecule is CN(CCCNc1cc(-c2ccccc2Cl)nc2c(Br)cnn12)Cc1cc(Cl)ccc1Cl. The second-order valence-electron chi connectivity index (χ2n) is 7.49. The number of rotatable bonds is 8. The van der Waals surface area contributed by atoms with E-state index < -0.39 is 0 Å². The fourth-order valence-electron chi connectivity index (χ4n) is 3.47. The van der Waals surface area contributed by atoms with Gasteiger partial charge in [-0.05, 0) is 65.8 Å². The van der Waals surface area contributed by atoms with Gasteiger partial charge in [-0.25, -0.2) is 4.98 Å². The van der Waals surface area contributed by atoms with Crippen molar-refractivity contribution in [3.8, 4) is 11.3 Å². The topological polar surface area (TPSA) is 45.5 Å². The summed E-state index contributed by atoms with van der Waals surface area (Å²) in [6.45, 7) is 2.40. The fourth-order valence-corrected chi connectivity index (χ4v) is 4.42. The van der Waals surface area contributed by atoms with E-state index in [0.717, 1.165) is 63.8 Å². The second kappa shape index (κ2) is 10.4. The Morgan fingerprint density at radius 3 is 2.69 bits per heavy atom. The Balaban J connectivity index is 1.44. The van der Waals surface area contributed by atoms with Gasteiger partial charge in [-0.2, -0.15) is 9.61 Å². The standard InChI is InChI=1S/C23H21BrCl3N5/c1-31(14-15-11-16(25)7-8-19(15)26)10-4-9-28-22-12-21(17-5-2-3-6-20(17)27)30-23-18(24)13-29-32(22)23/h2-3,5-8,11-13,28H,4,9-10,14H2,1H3. The highest BCUT2D eigenvalue weighted by Crippen LogP contribution is 2.30. The van der Waals surface area contributed by atoms with Crippen LogP contribution in [0.15, 0.2) is 59.2 Å². The number of benzene rings is 2. The van der Waals surface area contributed by atoms with Crippen molar-refractivity contribution >= 4 is 62.2 Å². The van der Waals surface area contributed by atoms with Crippen molar-refractivity contribution in [1.82, 2.24) is 19.5 Å². The van der Waals surface area contributed by atoms with Crippen LogP contribution < -0.4 is 5.32 Å². The predicted molar refractivity (Wildman–Crippen MR) is 137 cm³/mol. The summed E-state index contributed by atoms with van der Waals surface area (Å²) in [5, 5.41) is 10.0. The van der Waals surface area contributed by atoms with Gasteiger partial charge in [0.2, 0.25) is 0 Å². The third kappa shape index (κ3) is 5.38. The zero-order chi connectivity index (χ0) is 22.7. The highest BCUT2D eigenvalue weighted by atomic mass is 79.9. The van der Waals surface area contributed by atoms with Gasteiger partial charge < -0.3 is 10.2 Å². The molecule has 0 amide bonds. The van der Waals surface area contributed by atoms with Crippen LogP contribution in [0.2, 0.25) is 15.1 Å². The average molecular weight is 554 g/mol. The van der Waals surface area contributed by atoms with Crippen LogP contribution >= 0.6 is 50.7 Å². The monoisotopic (exact) mass is 551 g/mol. The molecule has 0 fully saturated rings. The molecule has 0 saturated heterocycles. The Bertz CT molecular complexity index is 1240. The Morgan fingerprint density at radius 2 is 1.88 bits per heavy atom. The van der Waals surface area contributed by atoms with Gasteiger partial charge in [0, 0.05) is 39.8 Å². The largest absolute Gasteiger partial charge is 0.370 e. The first-order valence-corrected chi connectivity index (χ1v) is 12.0. The number of nitrogens with zero attached hydrogens (tertiary/aromatic N) is 4. The molecule has 0 aliphatic carbocycles. The van der Waals surface area contributed by atoms with Gasteiger partial charge in [-0.15, -0.1) is 0 Å². The summed E-state index contributed by atoms with van der Waals surface area (Å²) in [6.07, 6.45) is 2.68. The molecular formula is C23H21BrCl3N5. The first-order valence-electron chi connectivity index (χ1n) is 10.1. The van der Waals surface area contributed by atoms with E-state index in [-0.39, 0.29) is 0 Å². The van der Waals surface area contributed by atoms with Gasteiger partial charge in [0.25, 0.3) is 0 Å². The summed E-state index contributed by atoms with van der Waals surface area (Å²) >= 11 is 22.3. The number of halogens is 4. The molecule has 2 aromatic carbocycles. The highest BCUT2D eigenvalue weighted by molar-refractivity contribution is 9.10. The molecule has 9 heteroatoms. The zero-order valence-electron chi connectivity index (χ0n) is 17.3. The number of hydrogen-bond donors (Lipinski definition) is 1. The maximum absolute atomic E-state index is 6.41. The summed E-state index contributed by atoms with van der Waals surface area (Å²) in [5.74, 6) is 0.858. The Labute approximate surface area is 210 Å². The number of hydrogen-bond acceptors (Lipinski definition) is 4. The van der Waals surface area contributed by atoms with Crippen LogP contribution in [0.25, 0.3) is 16.9 Å². The minimum Gasteiger partial charge on any atom is -0.370 e. The molecule has 2 aromatic heterocycles. The van der Waals surface area contributed by atoms with Gasteiger partial charge in [-0.3, -0.25) is 0 Å². The minimum atomic E-state index is 0.659. The zero-order valence-corrected chi connectivity index (χ0v) is 21.2. The van der Waals surface area contributed by atoms with E-state index in [9.17, 15) is 0 Å². The lowest BCUT2D eigenvalue weighted by atomic mass is 10.1. The number of nitrogens with one attached hydrogen (secondary N) is 1. The van der Waals surface area contributed by atoms with Crippen LogP contribution in [0.3, 0.4) is 0 Å². The molecule has 4 rings (SSSR count). The molecule has 1 N–H and O–H groups in total. The molecular weight excluding hydrogens is 533 g/mol. The molecule has 2 heterocycles. The lowest BCUT2D eigenvalue weighted by Crippen LogP contribution is -2.21. The summed E-state index contributed by atoms with van der Waals surface area (Å²) in [4.78, 5) is 6.97. The molecule has 166 valence electrons. The molecule has 4 aromatic rings. The highest BCUT2D eigenvalue weighted by Gasteiger charge is 2.13. The Hall–Kier alpha value is -1.83. The van der Waals surface area contributed by atoms with Crippen molar-refractivity contribution in [2.45, 2.75) is 13.0 Å². The van der Waals surface area contributed by atoms with Crippen molar-refractivity contribution in [2.24, 2.45) is 0 Å². The molecule has 0 saturated carbocycles. The first-order chi connectivity index (χ1) is 15.4. The van der Waals surface area contributed by atoms with Crippen LogP contribution in [-0.2, 0) is 6.54 Å². The number of fused-ring (bicyclic) bond motifs is 1. The van der Waals surface area contributed by atoms with Crippen LogP contribution in [0.5, 0.6) is 0 Å². The van der Waals surface area contributed by atoms with Crippen molar-refractivity contribution in [1.29, 1.82) is 0 Å². The maximum atomic E-state index is 6.41. The Morgan fingerprint density at radius 1 is 1.06 bits per heavy atom. The lowest BCUT2D eigenvalue weighted by Gasteiger charge is -2.18. The normalized spacial score (nSPS) is 11.4. The lowest BCUT2D eigenvalue weighted by molar-refractivity contribution is 0.325. The van der Waals surface area contributed by atoms with Gasteiger partial charge in [0.1, 0.15) is 5.82 Å². The van der Waals surface area contributed by atoms with Crippen LogP contribution in [0.4, 0.5) is 5.82 Å². The third-order valence-electron chi connectivity index (χ3n) is 5.05. The molecule has 5 nitrogen and oxygen atoms in total. The number of aromatic nitrogens is 3. The molecule has 32 heavy (non-hydrogen) atoms. The predicted octanol–water partition coefficient (Wildman–Crippen LogP) is 7.05. The Kier molecular flexibility index (Phi) is 7.59. The molecule has 0 atom stereocenters. The quantitative estimate of drug-likeness (QED) is 0.238. The average Bonchev–Trinajstić information content (AvgIpc) is 3.15. The van der Waals surface area contributed by atoms with Gasteiger partial charge in [0.15, 0.2) is 5.65 Å². The summed E-state index contributed by atoms with van der Waals surface area (Å²) in [5.41, 5.74) is 3.43. The first kappa shape index (κ1) is 23.3. The van der Waals surface area contributed by atoms with E-state index in [1.165, 1.54) is 0 Å². The van der Waals surface area contributed by atoms with Gasteiger partial charge in [0.05, 0.1) is 16.4 Å². The van der Waals surface area contributed by atoms with Gasteiger partial charge in [-0.1, -0.05) is 53.0 Å². The molecule has 0 radical (unpaired) electrons.